The molecule has 108 valence electrons. The van der Waals surface area contributed by atoms with E-state index in [1.165, 1.54) is 12.3 Å². The van der Waals surface area contributed by atoms with Crippen molar-refractivity contribution in [3.05, 3.63) is 66.3 Å². The molecule has 1 rings (SSSR count). The van der Waals surface area contributed by atoms with Crippen LogP contribution in [0.1, 0.15) is 12.5 Å². The molecule has 0 saturated heterocycles. The summed E-state index contributed by atoms with van der Waals surface area (Å²) >= 11 is 0. The molecule has 0 radical (unpaired) electrons. The van der Waals surface area contributed by atoms with Gasteiger partial charge in [-0.2, -0.15) is 4.99 Å². The van der Waals surface area contributed by atoms with Crippen LogP contribution in [-0.2, 0) is 4.74 Å². The lowest BCUT2D eigenvalue weighted by molar-refractivity contribution is 0.533. The van der Waals surface area contributed by atoms with E-state index in [0.29, 0.717) is 16.8 Å². The summed E-state index contributed by atoms with van der Waals surface area (Å²) in [7, 11) is 0. The van der Waals surface area contributed by atoms with Crippen molar-refractivity contribution in [1.82, 2.24) is 0 Å². The van der Waals surface area contributed by atoms with Crippen LogP contribution in [0.25, 0.3) is 0 Å². The van der Waals surface area contributed by atoms with Gasteiger partial charge in [0.25, 0.3) is 6.02 Å². The van der Waals surface area contributed by atoms with Crippen LogP contribution < -0.4 is 5.73 Å². The van der Waals surface area contributed by atoms with Gasteiger partial charge in [0.15, 0.2) is 0 Å². The normalized spacial score (nSPS) is 12.2. The number of ether oxygens (including phenoxy) is 1. The number of hydrogen-bond acceptors (Lipinski definition) is 4. The van der Waals surface area contributed by atoms with Gasteiger partial charge in [-0.1, -0.05) is 36.9 Å². The third-order valence-corrected chi connectivity index (χ3v) is 2.43. The second-order valence-corrected chi connectivity index (χ2v) is 3.97. The van der Waals surface area contributed by atoms with E-state index >= 15 is 0 Å². The molecule has 0 aliphatic rings. The lowest BCUT2D eigenvalue weighted by Gasteiger charge is -2.06. The summed E-state index contributed by atoms with van der Waals surface area (Å²) < 4.78 is 5.16. The minimum atomic E-state index is -0.143. The van der Waals surface area contributed by atoms with Crippen molar-refractivity contribution < 1.29 is 4.74 Å². The fourth-order valence-electron chi connectivity index (χ4n) is 1.43. The largest absolute Gasteiger partial charge is 0.407 e. The predicted molar refractivity (Wildman–Crippen MR) is 87.5 cm³/mol. The average Bonchev–Trinajstić information content (AvgIpc) is 2.48. The van der Waals surface area contributed by atoms with Crippen molar-refractivity contribution in [3.63, 3.8) is 0 Å². The van der Waals surface area contributed by atoms with Gasteiger partial charge >= 0.3 is 0 Å². The van der Waals surface area contributed by atoms with Gasteiger partial charge in [0.2, 0.25) is 5.90 Å². The fourth-order valence-corrected chi connectivity index (χ4v) is 1.43. The molecule has 0 aliphatic carbocycles. The third-order valence-electron chi connectivity index (χ3n) is 2.43. The van der Waals surface area contributed by atoms with E-state index in [9.17, 15) is 0 Å². The van der Waals surface area contributed by atoms with Crippen molar-refractivity contribution in [2.24, 2.45) is 10.7 Å². The smallest absolute Gasteiger partial charge is 0.294 e. The van der Waals surface area contributed by atoms with Gasteiger partial charge in [-0.15, -0.1) is 0 Å². The summed E-state index contributed by atoms with van der Waals surface area (Å²) in [5, 5.41) is 15.0. The standard InChI is InChI=1S/C16H18N4O/c1-3-5-8-13(4-2)15(18)21-16(19)20-14-9-6-7-12(10-14)11-17/h3-11,17-18H,2H2,1H3,(H2,19,20)/b5-3-,13-8+,17-11?,18-15?. The van der Waals surface area contributed by atoms with Crippen molar-refractivity contribution >= 4 is 23.8 Å². The zero-order chi connectivity index (χ0) is 15.7. The molecule has 0 unspecified atom stereocenters. The molecule has 0 aromatic heterocycles. The van der Waals surface area contributed by atoms with Crippen LogP contribution in [0.15, 0.2) is 65.7 Å². The molecule has 1 aromatic carbocycles. The Morgan fingerprint density at radius 3 is 2.81 bits per heavy atom. The molecular formula is C16H18N4O. The first-order valence-electron chi connectivity index (χ1n) is 6.27. The van der Waals surface area contributed by atoms with Gasteiger partial charge in [-0.05, 0) is 30.7 Å². The van der Waals surface area contributed by atoms with E-state index in [-0.39, 0.29) is 11.9 Å². The van der Waals surface area contributed by atoms with Crippen LogP contribution in [0.4, 0.5) is 5.69 Å². The Balaban J connectivity index is 2.86. The summed E-state index contributed by atoms with van der Waals surface area (Å²) in [5.41, 5.74) is 7.43. The maximum atomic E-state index is 7.81. The minimum absolute atomic E-state index is 0.132. The predicted octanol–water partition coefficient (Wildman–Crippen LogP) is 3.31. The molecular weight excluding hydrogens is 264 g/mol. The number of aliphatic imine (C=N–C) groups is 1. The molecule has 4 N–H and O–H groups in total. The second-order valence-electron chi connectivity index (χ2n) is 3.97. The Hall–Kier alpha value is -2.95. The highest BCUT2D eigenvalue weighted by Crippen LogP contribution is 2.13. The highest BCUT2D eigenvalue weighted by molar-refractivity contribution is 6.01. The molecule has 0 aliphatic heterocycles. The van der Waals surface area contributed by atoms with Crippen molar-refractivity contribution in [1.29, 1.82) is 10.8 Å². The topological polar surface area (TPSA) is 95.3 Å². The Morgan fingerprint density at radius 2 is 2.19 bits per heavy atom. The summed E-state index contributed by atoms with van der Waals surface area (Å²) in [6, 6.07) is 6.82. The molecule has 21 heavy (non-hydrogen) atoms. The summed E-state index contributed by atoms with van der Waals surface area (Å²) in [5.74, 6) is -0.132. The Labute approximate surface area is 124 Å². The van der Waals surface area contributed by atoms with E-state index in [1.54, 1.807) is 36.4 Å². The highest BCUT2D eigenvalue weighted by atomic mass is 16.5. The van der Waals surface area contributed by atoms with Crippen LogP contribution >= 0.6 is 0 Å². The number of nitrogens with two attached hydrogens (primary N) is 1. The molecule has 0 atom stereocenters. The first kappa shape index (κ1) is 16.1. The molecule has 0 amide bonds. The van der Waals surface area contributed by atoms with E-state index in [4.69, 9.17) is 21.3 Å². The monoisotopic (exact) mass is 282 g/mol. The van der Waals surface area contributed by atoms with Gasteiger partial charge in [-0.25, -0.2) is 0 Å². The van der Waals surface area contributed by atoms with E-state index in [1.807, 2.05) is 13.0 Å². The van der Waals surface area contributed by atoms with Gasteiger partial charge in [0.1, 0.15) is 0 Å². The Kier molecular flexibility index (Phi) is 6.34. The van der Waals surface area contributed by atoms with Crippen molar-refractivity contribution in [3.8, 4) is 0 Å². The first-order valence-corrected chi connectivity index (χ1v) is 6.27. The van der Waals surface area contributed by atoms with Crippen LogP contribution in [0.3, 0.4) is 0 Å². The number of benzene rings is 1. The molecule has 5 heteroatoms. The second kappa shape index (κ2) is 8.27. The molecule has 5 nitrogen and oxygen atoms in total. The SMILES string of the molecule is C=C/C(=C\C=C/C)C(=N)OC(N)=Nc1cccc(C=N)c1. The van der Waals surface area contributed by atoms with Crippen LogP contribution in [0.5, 0.6) is 0 Å². The third kappa shape index (κ3) is 5.28. The lowest BCUT2D eigenvalue weighted by Crippen LogP contribution is -2.20. The van der Waals surface area contributed by atoms with Gasteiger partial charge < -0.3 is 15.9 Å². The molecule has 1 aromatic rings. The Morgan fingerprint density at radius 1 is 1.43 bits per heavy atom. The van der Waals surface area contributed by atoms with E-state index in [0.717, 1.165) is 0 Å². The van der Waals surface area contributed by atoms with Crippen LogP contribution in [0.2, 0.25) is 0 Å². The van der Waals surface area contributed by atoms with Gasteiger partial charge in [-0.3, -0.25) is 5.41 Å². The fraction of sp³-hybridized carbons (Fsp3) is 0.0625. The van der Waals surface area contributed by atoms with E-state index in [2.05, 4.69) is 11.6 Å². The summed E-state index contributed by atoms with van der Waals surface area (Å²) in [4.78, 5) is 4.05. The maximum absolute atomic E-state index is 7.81. The first-order chi connectivity index (χ1) is 10.1. The zero-order valence-electron chi connectivity index (χ0n) is 11.8. The zero-order valence-corrected chi connectivity index (χ0v) is 11.8. The quantitative estimate of drug-likeness (QED) is 0.439. The van der Waals surface area contributed by atoms with E-state index < -0.39 is 0 Å². The average molecular weight is 282 g/mol. The van der Waals surface area contributed by atoms with Crippen molar-refractivity contribution in [2.75, 3.05) is 0 Å². The summed E-state index contributed by atoms with van der Waals surface area (Å²) in [6.07, 6.45) is 8.02. The molecule has 0 saturated carbocycles. The molecule has 0 spiro atoms. The van der Waals surface area contributed by atoms with Crippen molar-refractivity contribution in [2.45, 2.75) is 6.92 Å². The molecule has 0 fully saturated rings. The maximum Gasteiger partial charge on any atom is 0.294 e. The number of hydrogen-bond donors (Lipinski definition) is 3. The minimum Gasteiger partial charge on any atom is -0.407 e. The number of amidine groups is 1. The van der Waals surface area contributed by atoms with Crippen LogP contribution in [0, 0.1) is 10.8 Å². The summed E-state index contributed by atoms with van der Waals surface area (Å²) in [6.45, 7) is 5.49. The Bertz CT molecular complexity index is 627. The lowest BCUT2D eigenvalue weighted by atomic mass is 10.2. The number of nitrogens with one attached hydrogen (secondary N) is 2. The number of allylic oxidation sites excluding steroid dienone is 3. The molecule has 0 bridgehead atoms. The molecule has 0 heterocycles. The number of nitrogens with zero attached hydrogens (tertiary/aromatic N) is 1. The highest BCUT2D eigenvalue weighted by Gasteiger charge is 2.05. The number of rotatable bonds is 5. The van der Waals surface area contributed by atoms with Crippen LogP contribution in [-0.4, -0.2) is 18.1 Å². The van der Waals surface area contributed by atoms with Gasteiger partial charge in [0, 0.05) is 11.8 Å². The van der Waals surface area contributed by atoms with Gasteiger partial charge in [0.05, 0.1) is 5.69 Å².